The number of hydrogen-bond donors (Lipinski definition) is 1. The van der Waals surface area contributed by atoms with Crippen molar-refractivity contribution in [2.45, 2.75) is 19.3 Å². The van der Waals surface area contributed by atoms with E-state index < -0.39 is 11.6 Å². The predicted molar refractivity (Wildman–Crippen MR) is 70.4 cm³/mol. The van der Waals surface area contributed by atoms with E-state index in [1.54, 1.807) is 7.05 Å². The lowest BCUT2D eigenvalue weighted by Crippen LogP contribution is -2.32. The Balaban J connectivity index is 2.34. The van der Waals surface area contributed by atoms with Gasteiger partial charge in [-0.15, -0.1) is 0 Å². The second kappa shape index (κ2) is 8.47. The summed E-state index contributed by atoms with van der Waals surface area (Å²) >= 11 is 0. The predicted octanol–water partition coefficient (Wildman–Crippen LogP) is 1.96. The van der Waals surface area contributed by atoms with Crippen molar-refractivity contribution in [2.75, 3.05) is 26.8 Å². The Morgan fingerprint density at radius 1 is 1.30 bits per heavy atom. The molecule has 0 unspecified atom stereocenters. The van der Waals surface area contributed by atoms with Gasteiger partial charge in [0.2, 0.25) is 0 Å². The maximum Gasteiger partial charge on any atom is 0.260 e. The van der Waals surface area contributed by atoms with Gasteiger partial charge in [0.25, 0.3) is 5.91 Å². The van der Waals surface area contributed by atoms with Gasteiger partial charge in [0.05, 0.1) is 0 Å². The summed E-state index contributed by atoms with van der Waals surface area (Å²) in [7, 11) is 1.63. The first-order valence-electron chi connectivity index (χ1n) is 6.47. The number of nitrogens with zero attached hydrogens (tertiary/aromatic N) is 1. The van der Waals surface area contributed by atoms with Crippen LogP contribution in [0.1, 0.15) is 19.3 Å². The maximum absolute atomic E-state index is 13.3. The Kier molecular flexibility index (Phi) is 6.93. The summed E-state index contributed by atoms with van der Waals surface area (Å²) in [6.45, 7) is 0.401. The minimum absolute atomic E-state index is 0.143. The van der Waals surface area contributed by atoms with Crippen molar-refractivity contribution in [3.63, 3.8) is 0 Å². The van der Waals surface area contributed by atoms with Gasteiger partial charge in [-0.2, -0.15) is 0 Å². The molecule has 0 saturated carbocycles. The molecule has 20 heavy (non-hydrogen) atoms. The first kappa shape index (κ1) is 16.4. The zero-order chi connectivity index (χ0) is 15.0. The van der Waals surface area contributed by atoms with Gasteiger partial charge in [-0.05, 0) is 31.4 Å². The summed E-state index contributed by atoms with van der Waals surface area (Å²) in [4.78, 5) is 13.2. The SMILES string of the molecule is CN(CCCCCO)C(=O)COc1ccc(F)cc1F. The van der Waals surface area contributed by atoms with Crippen molar-refractivity contribution in [3.8, 4) is 5.75 Å². The molecule has 1 N–H and O–H groups in total. The van der Waals surface area contributed by atoms with Crippen LogP contribution in [0.4, 0.5) is 8.78 Å². The third-order valence-corrected chi connectivity index (χ3v) is 2.82. The molecule has 0 fully saturated rings. The second-order valence-electron chi connectivity index (χ2n) is 4.46. The van der Waals surface area contributed by atoms with Gasteiger partial charge in [0.15, 0.2) is 18.2 Å². The average Bonchev–Trinajstić information content (AvgIpc) is 2.42. The molecule has 0 aliphatic heterocycles. The lowest BCUT2D eigenvalue weighted by molar-refractivity contribution is -0.132. The van der Waals surface area contributed by atoms with Gasteiger partial charge in [-0.1, -0.05) is 0 Å². The Bertz CT molecular complexity index is 440. The Morgan fingerprint density at radius 3 is 2.70 bits per heavy atom. The van der Waals surface area contributed by atoms with E-state index in [0.29, 0.717) is 19.0 Å². The van der Waals surface area contributed by atoms with E-state index in [2.05, 4.69) is 0 Å². The minimum atomic E-state index is -0.830. The lowest BCUT2D eigenvalue weighted by Gasteiger charge is -2.17. The zero-order valence-corrected chi connectivity index (χ0v) is 11.4. The molecule has 1 aromatic carbocycles. The summed E-state index contributed by atoms with van der Waals surface area (Å²) < 4.78 is 31.0. The van der Waals surface area contributed by atoms with E-state index in [1.165, 1.54) is 4.90 Å². The number of likely N-dealkylation sites (N-methyl/N-ethyl adjacent to an activating group) is 1. The highest BCUT2D eigenvalue weighted by Crippen LogP contribution is 2.17. The molecule has 0 aliphatic rings. The number of rotatable bonds is 8. The second-order valence-corrected chi connectivity index (χ2v) is 4.46. The molecule has 0 aromatic heterocycles. The topological polar surface area (TPSA) is 49.8 Å². The summed E-state index contributed by atoms with van der Waals surface area (Å²) in [6.07, 6.45) is 2.33. The van der Waals surface area contributed by atoms with Crippen molar-refractivity contribution >= 4 is 5.91 Å². The highest BCUT2D eigenvalue weighted by Gasteiger charge is 2.11. The fourth-order valence-electron chi connectivity index (χ4n) is 1.60. The number of amides is 1. The molecule has 0 bridgehead atoms. The highest BCUT2D eigenvalue weighted by atomic mass is 19.1. The van der Waals surface area contributed by atoms with Crippen LogP contribution in [-0.2, 0) is 4.79 Å². The summed E-state index contributed by atoms with van der Waals surface area (Å²) in [5.74, 6) is -1.95. The zero-order valence-electron chi connectivity index (χ0n) is 11.4. The third kappa shape index (κ3) is 5.52. The fourth-order valence-corrected chi connectivity index (χ4v) is 1.60. The van der Waals surface area contributed by atoms with E-state index in [1.807, 2.05) is 0 Å². The molecule has 1 amide bonds. The van der Waals surface area contributed by atoms with Crippen LogP contribution in [-0.4, -0.2) is 42.7 Å². The number of carbonyl (C=O) groups excluding carboxylic acids is 1. The van der Waals surface area contributed by atoms with E-state index in [4.69, 9.17) is 9.84 Å². The van der Waals surface area contributed by atoms with Crippen LogP contribution < -0.4 is 4.74 Å². The molecule has 0 spiro atoms. The Hall–Kier alpha value is -1.69. The number of benzene rings is 1. The van der Waals surface area contributed by atoms with Crippen molar-refractivity contribution < 1.29 is 23.4 Å². The Labute approximate surface area is 117 Å². The molecule has 4 nitrogen and oxygen atoms in total. The van der Waals surface area contributed by atoms with Gasteiger partial charge >= 0.3 is 0 Å². The van der Waals surface area contributed by atoms with E-state index in [9.17, 15) is 13.6 Å². The molecule has 0 saturated heterocycles. The number of carbonyl (C=O) groups is 1. The molecule has 1 aromatic rings. The number of aliphatic hydroxyl groups is 1. The summed E-state index contributed by atoms with van der Waals surface area (Å²) in [5, 5.41) is 8.63. The van der Waals surface area contributed by atoms with Gasteiger partial charge in [0, 0.05) is 26.3 Å². The first-order valence-corrected chi connectivity index (χ1v) is 6.47. The van der Waals surface area contributed by atoms with Crippen molar-refractivity contribution in [1.82, 2.24) is 4.90 Å². The number of unbranched alkanes of at least 4 members (excludes halogenated alkanes) is 2. The smallest absolute Gasteiger partial charge is 0.260 e. The van der Waals surface area contributed by atoms with Crippen LogP contribution in [0.25, 0.3) is 0 Å². The molecule has 0 aliphatic carbocycles. The molecule has 6 heteroatoms. The largest absolute Gasteiger partial charge is 0.481 e. The van der Waals surface area contributed by atoms with Crippen molar-refractivity contribution in [1.29, 1.82) is 0 Å². The van der Waals surface area contributed by atoms with E-state index in [-0.39, 0.29) is 24.9 Å². The van der Waals surface area contributed by atoms with Gasteiger partial charge in [-0.3, -0.25) is 4.79 Å². The van der Waals surface area contributed by atoms with Crippen molar-refractivity contribution in [3.05, 3.63) is 29.8 Å². The molecule has 0 atom stereocenters. The van der Waals surface area contributed by atoms with Crippen LogP contribution in [0.5, 0.6) is 5.75 Å². The maximum atomic E-state index is 13.3. The number of halogens is 2. The minimum Gasteiger partial charge on any atom is -0.481 e. The third-order valence-electron chi connectivity index (χ3n) is 2.82. The average molecular weight is 287 g/mol. The summed E-state index contributed by atoms with van der Waals surface area (Å²) in [6, 6.07) is 2.93. The van der Waals surface area contributed by atoms with Gasteiger partial charge in [-0.25, -0.2) is 8.78 Å². The van der Waals surface area contributed by atoms with Crippen LogP contribution in [0.3, 0.4) is 0 Å². The van der Waals surface area contributed by atoms with Crippen LogP contribution >= 0.6 is 0 Å². The molecule has 0 radical (unpaired) electrons. The molecular formula is C14H19F2NO3. The molecule has 112 valence electrons. The summed E-state index contributed by atoms with van der Waals surface area (Å²) in [5.41, 5.74) is 0. The first-order chi connectivity index (χ1) is 9.54. The van der Waals surface area contributed by atoms with Gasteiger partial charge < -0.3 is 14.7 Å². The molecule has 1 rings (SSSR count). The number of aliphatic hydroxyl groups excluding tert-OH is 1. The molecule has 0 heterocycles. The number of ether oxygens (including phenoxy) is 1. The molecular weight excluding hydrogens is 268 g/mol. The van der Waals surface area contributed by atoms with E-state index >= 15 is 0 Å². The van der Waals surface area contributed by atoms with Crippen LogP contribution in [0.15, 0.2) is 18.2 Å². The normalized spacial score (nSPS) is 10.4. The van der Waals surface area contributed by atoms with Crippen LogP contribution in [0, 0.1) is 11.6 Å². The standard InChI is InChI=1S/C14H19F2NO3/c1-17(7-3-2-4-8-18)14(19)10-20-13-6-5-11(15)9-12(13)16/h5-6,9,18H,2-4,7-8,10H2,1H3. The quantitative estimate of drug-likeness (QED) is 0.744. The van der Waals surface area contributed by atoms with Crippen LogP contribution in [0.2, 0.25) is 0 Å². The van der Waals surface area contributed by atoms with Crippen molar-refractivity contribution in [2.24, 2.45) is 0 Å². The Morgan fingerprint density at radius 2 is 2.05 bits per heavy atom. The van der Waals surface area contributed by atoms with E-state index in [0.717, 1.165) is 25.0 Å². The lowest BCUT2D eigenvalue weighted by atomic mass is 10.2. The van der Waals surface area contributed by atoms with Gasteiger partial charge in [0.1, 0.15) is 5.82 Å². The number of hydrogen-bond acceptors (Lipinski definition) is 3. The highest BCUT2D eigenvalue weighted by molar-refractivity contribution is 5.77. The monoisotopic (exact) mass is 287 g/mol. The fraction of sp³-hybridized carbons (Fsp3) is 0.500.